The van der Waals surface area contributed by atoms with E-state index in [0.717, 1.165) is 5.56 Å². The summed E-state index contributed by atoms with van der Waals surface area (Å²) in [5.74, 6) is 0.534. The molecular formula is C27H20Cl2N2O3. The number of furan rings is 1. The zero-order valence-corrected chi connectivity index (χ0v) is 19.7. The molecule has 4 rings (SSSR count). The molecule has 2 N–H and O–H groups in total. The van der Waals surface area contributed by atoms with Gasteiger partial charge in [0.05, 0.1) is 10.0 Å². The van der Waals surface area contributed by atoms with Crippen molar-refractivity contribution in [3.8, 4) is 11.3 Å². The van der Waals surface area contributed by atoms with Crippen LogP contribution in [0.25, 0.3) is 17.4 Å². The van der Waals surface area contributed by atoms with E-state index in [-0.39, 0.29) is 11.8 Å². The van der Waals surface area contributed by atoms with E-state index >= 15 is 0 Å². The van der Waals surface area contributed by atoms with Gasteiger partial charge >= 0.3 is 0 Å². The van der Waals surface area contributed by atoms with Crippen molar-refractivity contribution >= 4 is 52.5 Å². The Kier molecular flexibility index (Phi) is 7.16. The number of anilines is 2. The van der Waals surface area contributed by atoms with Gasteiger partial charge in [0.25, 0.3) is 5.91 Å². The van der Waals surface area contributed by atoms with Crippen molar-refractivity contribution in [2.24, 2.45) is 0 Å². The molecule has 2 amide bonds. The van der Waals surface area contributed by atoms with Crippen LogP contribution in [0, 0.1) is 6.92 Å². The van der Waals surface area contributed by atoms with E-state index < -0.39 is 0 Å². The molecule has 1 heterocycles. The lowest BCUT2D eigenvalue weighted by atomic mass is 10.1. The minimum absolute atomic E-state index is 0.194. The summed E-state index contributed by atoms with van der Waals surface area (Å²) >= 11 is 12.3. The first-order valence-electron chi connectivity index (χ1n) is 10.4. The highest BCUT2D eigenvalue weighted by Crippen LogP contribution is 2.34. The second kappa shape index (κ2) is 10.4. The third-order valence-corrected chi connectivity index (χ3v) is 5.84. The maximum Gasteiger partial charge on any atom is 0.255 e. The van der Waals surface area contributed by atoms with Crippen molar-refractivity contribution < 1.29 is 14.0 Å². The summed E-state index contributed by atoms with van der Waals surface area (Å²) in [6.07, 6.45) is 2.95. The van der Waals surface area contributed by atoms with E-state index in [4.69, 9.17) is 27.6 Å². The highest BCUT2D eigenvalue weighted by Gasteiger charge is 2.11. The van der Waals surface area contributed by atoms with Gasteiger partial charge in [0, 0.05) is 28.6 Å². The van der Waals surface area contributed by atoms with Crippen molar-refractivity contribution in [1.82, 2.24) is 0 Å². The molecule has 0 fully saturated rings. The number of rotatable bonds is 6. The normalized spacial score (nSPS) is 10.9. The molecule has 5 nitrogen and oxygen atoms in total. The van der Waals surface area contributed by atoms with Gasteiger partial charge in [-0.05, 0) is 73.2 Å². The first-order valence-corrected chi connectivity index (χ1v) is 11.2. The molecule has 0 atom stereocenters. The fourth-order valence-electron chi connectivity index (χ4n) is 3.29. The third kappa shape index (κ3) is 5.57. The van der Waals surface area contributed by atoms with Crippen molar-refractivity contribution in [1.29, 1.82) is 0 Å². The number of carbonyl (C=O) groups is 2. The number of amides is 2. The second-order valence-electron chi connectivity index (χ2n) is 7.48. The Hall–Kier alpha value is -3.80. The van der Waals surface area contributed by atoms with Crippen LogP contribution in [0.2, 0.25) is 10.0 Å². The Morgan fingerprint density at radius 2 is 1.68 bits per heavy atom. The standard InChI is InChI=1S/C27H20Cl2N2O3/c1-17-16-19(10-13-23(17)31-27(33)18-6-3-2-4-7-18)30-25(32)15-12-20-11-14-24(34-20)21-8-5-9-22(28)26(21)29/h2-16H,1H3,(H,30,32)(H,31,33). The van der Waals surface area contributed by atoms with E-state index in [9.17, 15) is 9.59 Å². The van der Waals surface area contributed by atoms with Gasteiger partial charge in [-0.15, -0.1) is 0 Å². The molecule has 0 unspecified atom stereocenters. The molecule has 0 radical (unpaired) electrons. The molecule has 1 aromatic heterocycles. The molecule has 0 spiro atoms. The highest BCUT2D eigenvalue weighted by atomic mass is 35.5. The predicted molar refractivity (Wildman–Crippen MR) is 137 cm³/mol. The molecule has 0 aliphatic carbocycles. The van der Waals surface area contributed by atoms with Crippen molar-refractivity contribution in [3.05, 3.63) is 112 Å². The summed E-state index contributed by atoms with van der Waals surface area (Å²) < 4.78 is 5.76. The van der Waals surface area contributed by atoms with Gasteiger partial charge in [0.2, 0.25) is 5.91 Å². The molecule has 34 heavy (non-hydrogen) atoms. The maximum atomic E-state index is 12.4. The van der Waals surface area contributed by atoms with Gasteiger partial charge in [-0.25, -0.2) is 0 Å². The third-order valence-electron chi connectivity index (χ3n) is 5.02. The molecule has 0 aliphatic heterocycles. The number of benzene rings is 3. The quantitative estimate of drug-likeness (QED) is 0.275. The molecule has 0 bridgehead atoms. The Balaban J connectivity index is 1.38. The lowest BCUT2D eigenvalue weighted by Crippen LogP contribution is -2.13. The van der Waals surface area contributed by atoms with Crippen LogP contribution in [0.5, 0.6) is 0 Å². The minimum atomic E-state index is -0.320. The number of hydrogen-bond donors (Lipinski definition) is 2. The van der Waals surface area contributed by atoms with Crippen LogP contribution >= 0.6 is 23.2 Å². The smallest absolute Gasteiger partial charge is 0.255 e. The Morgan fingerprint density at radius 3 is 2.44 bits per heavy atom. The monoisotopic (exact) mass is 490 g/mol. The highest BCUT2D eigenvalue weighted by molar-refractivity contribution is 6.43. The SMILES string of the molecule is Cc1cc(NC(=O)C=Cc2ccc(-c3cccc(Cl)c3Cl)o2)ccc1NC(=O)c1ccccc1. The predicted octanol–water partition coefficient (Wildman–Crippen LogP) is 7.47. The molecule has 0 saturated carbocycles. The maximum absolute atomic E-state index is 12.4. The van der Waals surface area contributed by atoms with Gasteiger partial charge in [0.15, 0.2) is 0 Å². The molecule has 4 aromatic rings. The molecule has 0 aliphatic rings. The van der Waals surface area contributed by atoms with Gasteiger partial charge < -0.3 is 15.1 Å². The number of hydrogen-bond acceptors (Lipinski definition) is 3. The first kappa shape index (κ1) is 23.4. The van der Waals surface area contributed by atoms with Crippen LogP contribution in [0.4, 0.5) is 11.4 Å². The van der Waals surface area contributed by atoms with Crippen LogP contribution in [0.3, 0.4) is 0 Å². The molecule has 170 valence electrons. The van der Waals surface area contributed by atoms with E-state index in [1.165, 1.54) is 6.08 Å². The lowest BCUT2D eigenvalue weighted by Gasteiger charge is -2.10. The molecular weight excluding hydrogens is 471 g/mol. The average Bonchev–Trinajstić information content (AvgIpc) is 3.30. The fraction of sp³-hybridized carbons (Fsp3) is 0.0370. The van der Waals surface area contributed by atoms with Crippen molar-refractivity contribution in [3.63, 3.8) is 0 Å². The Labute approximate surface area is 207 Å². The summed E-state index contributed by atoms with van der Waals surface area (Å²) in [7, 11) is 0. The van der Waals surface area contributed by atoms with E-state index in [2.05, 4.69) is 10.6 Å². The van der Waals surface area contributed by atoms with E-state index in [1.807, 2.05) is 31.2 Å². The number of aryl methyl sites for hydroxylation is 1. The van der Waals surface area contributed by atoms with Crippen LogP contribution in [0.1, 0.15) is 21.7 Å². The Morgan fingerprint density at radius 1 is 0.882 bits per heavy atom. The molecule has 0 saturated heterocycles. The van der Waals surface area contributed by atoms with Gasteiger partial charge in [-0.2, -0.15) is 0 Å². The zero-order valence-electron chi connectivity index (χ0n) is 18.1. The minimum Gasteiger partial charge on any atom is -0.457 e. The molecule has 7 heteroatoms. The number of halogens is 2. The summed E-state index contributed by atoms with van der Waals surface area (Å²) in [5.41, 5.74) is 3.34. The largest absolute Gasteiger partial charge is 0.457 e. The van der Waals surface area contributed by atoms with Crippen molar-refractivity contribution in [2.75, 3.05) is 10.6 Å². The average molecular weight is 491 g/mol. The van der Waals surface area contributed by atoms with E-state index in [1.54, 1.807) is 60.7 Å². The Bertz CT molecular complexity index is 1380. The number of carbonyl (C=O) groups excluding carboxylic acids is 2. The van der Waals surface area contributed by atoms with Crippen LogP contribution in [-0.2, 0) is 4.79 Å². The number of nitrogens with one attached hydrogen (secondary N) is 2. The summed E-state index contributed by atoms with van der Waals surface area (Å²) in [4.78, 5) is 24.7. The zero-order chi connectivity index (χ0) is 24.1. The summed E-state index contributed by atoms with van der Waals surface area (Å²) in [6, 6.07) is 23.0. The van der Waals surface area contributed by atoms with Gasteiger partial charge in [-0.3, -0.25) is 9.59 Å². The first-order chi connectivity index (χ1) is 16.4. The summed E-state index contributed by atoms with van der Waals surface area (Å²) in [5, 5.41) is 6.53. The van der Waals surface area contributed by atoms with Crippen LogP contribution in [0.15, 0.2) is 89.4 Å². The fourth-order valence-corrected chi connectivity index (χ4v) is 3.68. The lowest BCUT2D eigenvalue weighted by molar-refractivity contribution is -0.111. The van der Waals surface area contributed by atoms with Gasteiger partial charge in [-0.1, -0.05) is 47.5 Å². The van der Waals surface area contributed by atoms with Crippen LogP contribution in [-0.4, -0.2) is 11.8 Å². The van der Waals surface area contributed by atoms with Crippen LogP contribution < -0.4 is 10.6 Å². The van der Waals surface area contributed by atoms with Gasteiger partial charge in [0.1, 0.15) is 11.5 Å². The van der Waals surface area contributed by atoms with E-state index in [0.29, 0.717) is 44.1 Å². The van der Waals surface area contributed by atoms with Crippen molar-refractivity contribution in [2.45, 2.75) is 6.92 Å². The summed E-state index contributed by atoms with van der Waals surface area (Å²) in [6.45, 7) is 1.86. The second-order valence-corrected chi connectivity index (χ2v) is 8.26. The topological polar surface area (TPSA) is 71.3 Å². The molecule has 3 aromatic carbocycles.